The quantitative estimate of drug-likeness (QED) is 0.817. The Hall–Kier alpha value is -0.710. The van der Waals surface area contributed by atoms with Gasteiger partial charge in [0.25, 0.3) is 0 Å². The van der Waals surface area contributed by atoms with Crippen LogP contribution < -0.4 is 10.6 Å². The van der Waals surface area contributed by atoms with E-state index in [1.165, 1.54) is 32.1 Å². The van der Waals surface area contributed by atoms with Gasteiger partial charge in [-0.05, 0) is 25.7 Å². The summed E-state index contributed by atoms with van der Waals surface area (Å²) >= 11 is 1.78. The van der Waals surface area contributed by atoms with Crippen molar-refractivity contribution in [2.45, 2.75) is 56.5 Å². The second-order valence-corrected chi connectivity index (χ2v) is 6.68. The van der Waals surface area contributed by atoms with E-state index >= 15 is 0 Å². The highest BCUT2D eigenvalue weighted by Crippen LogP contribution is 2.36. The van der Waals surface area contributed by atoms with E-state index in [-0.39, 0.29) is 18.0 Å². The number of carbonyl (C=O) groups is 1. The lowest BCUT2D eigenvalue weighted by Gasteiger charge is -2.32. The van der Waals surface area contributed by atoms with E-state index in [1.807, 2.05) is 0 Å². The number of amides is 1. The molecule has 0 unspecified atom stereocenters. The minimum Gasteiger partial charge on any atom is -0.359 e. The molecule has 2 saturated carbocycles. The van der Waals surface area contributed by atoms with Crippen molar-refractivity contribution in [2.24, 2.45) is 4.99 Å². The van der Waals surface area contributed by atoms with E-state index in [4.69, 9.17) is 0 Å². The van der Waals surface area contributed by atoms with E-state index in [9.17, 15) is 4.79 Å². The van der Waals surface area contributed by atoms with Gasteiger partial charge in [-0.15, -0.1) is 0 Å². The summed E-state index contributed by atoms with van der Waals surface area (Å²) in [5, 5.41) is 7.50. The summed E-state index contributed by atoms with van der Waals surface area (Å²) in [6.07, 6.45) is 8.80. The van der Waals surface area contributed by atoms with Crippen LogP contribution in [0.25, 0.3) is 0 Å². The van der Waals surface area contributed by atoms with Crippen LogP contribution in [-0.4, -0.2) is 35.0 Å². The molecule has 1 amide bonds. The monoisotopic (exact) mass is 267 g/mol. The average molecular weight is 267 g/mol. The first-order valence-corrected chi connectivity index (χ1v) is 7.99. The van der Waals surface area contributed by atoms with Gasteiger partial charge in [0.15, 0.2) is 5.17 Å². The van der Waals surface area contributed by atoms with Crippen molar-refractivity contribution in [3.05, 3.63) is 0 Å². The van der Waals surface area contributed by atoms with Crippen LogP contribution in [0.15, 0.2) is 4.99 Å². The van der Waals surface area contributed by atoms with Crippen LogP contribution in [0.2, 0.25) is 0 Å². The van der Waals surface area contributed by atoms with E-state index in [0.717, 1.165) is 23.8 Å². The van der Waals surface area contributed by atoms with Crippen molar-refractivity contribution in [3.8, 4) is 0 Å². The third kappa shape index (κ3) is 2.99. The van der Waals surface area contributed by atoms with Gasteiger partial charge in [0.1, 0.15) is 6.54 Å². The molecule has 0 aromatic rings. The Bertz CT molecular complexity index is 359. The Morgan fingerprint density at radius 2 is 2.17 bits per heavy atom. The molecule has 1 saturated heterocycles. The average Bonchev–Trinajstić information content (AvgIpc) is 3.10. The zero-order valence-electron chi connectivity index (χ0n) is 10.7. The lowest BCUT2D eigenvalue weighted by atomic mass is 9.83. The minimum atomic E-state index is 0.0667. The molecule has 1 spiro atoms. The summed E-state index contributed by atoms with van der Waals surface area (Å²) in [5.41, 5.74) is 0.286. The molecular formula is C13H21N3OS. The highest BCUT2D eigenvalue weighted by Gasteiger charge is 2.38. The SMILES string of the molecule is O=C(CN=C1NC2(CCCCC2)CS1)NC1CC1. The van der Waals surface area contributed by atoms with Gasteiger partial charge >= 0.3 is 0 Å². The van der Waals surface area contributed by atoms with Crippen molar-refractivity contribution in [1.82, 2.24) is 10.6 Å². The summed E-state index contributed by atoms with van der Waals surface area (Å²) in [4.78, 5) is 16.0. The Morgan fingerprint density at radius 3 is 2.89 bits per heavy atom. The van der Waals surface area contributed by atoms with E-state index in [1.54, 1.807) is 11.8 Å². The summed E-state index contributed by atoms with van der Waals surface area (Å²) in [5.74, 6) is 1.19. The third-order valence-electron chi connectivity index (χ3n) is 3.98. The molecule has 0 aromatic heterocycles. The standard InChI is InChI=1S/C13H21N3OS/c17-11(15-10-4-5-10)8-14-12-16-13(9-18-12)6-2-1-3-7-13/h10H,1-9H2,(H,14,16)(H,15,17). The lowest BCUT2D eigenvalue weighted by molar-refractivity contribution is -0.119. The van der Waals surface area contributed by atoms with Gasteiger partial charge in [-0.3, -0.25) is 9.79 Å². The molecule has 3 fully saturated rings. The first-order valence-electron chi connectivity index (χ1n) is 7.01. The molecule has 5 heteroatoms. The second-order valence-electron chi connectivity index (χ2n) is 5.72. The Kier molecular flexibility index (Phi) is 3.50. The predicted octanol–water partition coefficient (Wildman–Crippen LogP) is 1.66. The fourth-order valence-corrected chi connectivity index (χ4v) is 3.95. The van der Waals surface area contributed by atoms with Crippen LogP contribution in [0, 0.1) is 0 Å². The minimum absolute atomic E-state index is 0.0667. The molecule has 2 N–H and O–H groups in total. The Labute approximate surface area is 112 Å². The molecule has 3 rings (SSSR count). The number of aliphatic imine (C=N–C) groups is 1. The molecule has 18 heavy (non-hydrogen) atoms. The number of rotatable bonds is 3. The third-order valence-corrected chi connectivity index (χ3v) is 5.18. The van der Waals surface area contributed by atoms with Crippen molar-refractivity contribution >= 4 is 22.8 Å². The van der Waals surface area contributed by atoms with Crippen LogP contribution in [0.4, 0.5) is 0 Å². The smallest absolute Gasteiger partial charge is 0.241 e. The maximum Gasteiger partial charge on any atom is 0.241 e. The molecule has 0 bridgehead atoms. The summed E-state index contributed by atoms with van der Waals surface area (Å²) in [6.45, 7) is 0.280. The number of hydrogen-bond donors (Lipinski definition) is 2. The zero-order chi connectivity index (χ0) is 12.4. The van der Waals surface area contributed by atoms with Gasteiger partial charge in [-0.25, -0.2) is 0 Å². The van der Waals surface area contributed by atoms with Gasteiger partial charge in [0.05, 0.1) is 0 Å². The number of thioether (sulfide) groups is 1. The van der Waals surface area contributed by atoms with E-state index in [0.29, 0.717) is 6.04 Å². The lowest BCUT2D eigenvalue weighted by Crippen LogP contribution is -2.45. The highest BCUT2D eigenvalue weighted by molar-refractivity contribution is 8.14. The summed E-state index contributed by atoms with van der Waals surface area (Å²) in [7, 11) is 0. The van der Waals surface area contributed by atoms with Crippen LogP contribution in [0.1, 0.15) is 44.9 Å². The number of hydrogen-bond acceptors (Lipinski definition) is 3. The number of amidine groups is 1. The fraction of sp³-hybridized carbons (Fsp3) is 0.846. The molecule has 1 aliphatic heterocycles. The van der Waals surface area contributed by atoms with Crippen molar-refractivity contribution in [2.75, 3.05) is 12.3 Å². The largest absolute Gasteiger partial charge is 0.359 e. The summed E-state index contributed by atoms with van der Waals surface area (Å²) < 4.78 is 0. The first-order chi connectivity index (χ1) is 8.76. The number of nitrogens with zero attached hydrogens (tertiary/aromatic N) is 1. The maximum atomic E-state index is 11.6. The summed E-state index contributed by atoms with van der Waals surface area (Å²) in [6, 6.07) is 0.437. The topological polar surface area (TPSA) is 53.5 Å². The molecule has 2 aliphatic carbocycles. The van der Waals surface area contributed by atoms with Crippen LogP contribution in [-0.2, 0) is 4.79 Å². The first kappa shape index (κ1) is 12.3. The number of carbonyl (C=O) groups excluding carboxylic acids is 1. The zero-order valence-corrected chi connectivity index (χ0v) is 11.5. The van der Waals surface area contributed by atoms with Gasteiger partial charge < -0.3 is 10.6 Å². The van der Waals surface area contributed by atoms with Crippen molar-refractivity contribution in [1.29, 1.82) is 0 Å². The highest BCUT2D eigenvalue weighted by atomic mass is 32.2. The molecule has 4 nitrogen and oxygen atoms in total. The maximum absolute atomic E-state index is 11.6. The van der Waals surface area contributed by atoms with Crippen molar-refractivity contribution in [3.63, 3.8) is 0 Å². The van der Waals surface area contributed by atoms with Crippen LogP contribution >= 0.6 is 11.8 Å². The molecule has 0 atom stereocenters. The normalized spacial score (nSPS) is 28.3. The van der Waals surface area contributed by atoms with Crippen molar-refractivity contribution < 1.29 is 4.79 Å². The molecule has 3 aliphatic rings. The van der Waals surface area contributed by atoms with E-state index in [2.05, 4.69) is 15.6 Å². The number of nitrogens with one attached hydrogen (secondary N) is 2. The molecule has 1 heterocycles. The molecular weight excluding hydrogens is 246 g/mol. The van der Waals surface area contributed by atoms with Crippen LogP contribution in [0.5, 0.6) is 0 Å². The van der Waals surface area contributed by atoms with Gasteiger partial charge in [-0.1, -0.05) is 31.0 Å². The fourth-order valence-electron chi connectivity index (χ4n) is 2.73. The Morgan fingerprint density at radius 1 is 1.39 bits per heavy atom. The van der Waals surface area contributed by atoms with Gasteiger partial charge in [0.2, 0.25) is 5.91 Å². The molecule has 0 radical (unpaired) electrons. The molecule has 0 aromatic carbocycles. The second kappa shape index (κ2) is 5.11. The van der Waals surface area contributed by atoms with E-state index < -0.39 is 0 Å². The Balaban J connectivity index is 1.49. The van der Waals surface area contributed by atoms with Crippen LogP contribution in [0.3, 0.4) is 0 Å². The molecule has 100 valence electrons. The van der Waals surface area contributed by atoms with Gasteiger partial charge in [-0.2, -0.15) is 0 Å². The predicted molar refractivity (Wildman–Crippen MR) is 74.9 cm³/mol. The van der Waals surface area contributed by atoms with Gasteiger partial charge in [0, 0.05) is 17.3 Å².